The number of nitro benzene ring substituents is 1. The number of hydrogen-bond acceptors (Lipinski definition) is 8. The quantitative estimate of drug-likeness (QED) is 0.171. The van der Waals surface area contributed by atoms with Crippen molar-refractivity contribution in [3.8, 4) is 0 Å². The average Bonchev–Trinajstić information content (AvgIpc) is 2.60. The molecule has 0 saturated heterocycles. The van der Waals surface area contributed by atoms with Crippen LogP contribution in [0.15, 0.2) is 69.7 Å². The first kappa shape index (κ1) is 20.9. The Bertz CT molecular complexity index is 1160. The third kappa shape index (κ3) is 4.49. The molecule has 0 aliphatic rings. The Balaban J connectivity index is 0.00000261. The van der Waals surface area contributed by atoms with Gasteiger partial charge in [-0.3, -0.25) is 10.1 Å². The van der Waals surface area contributed by atoms with E-state index in [0.29, 0.717) is 5.39 Å². The van der Waals surface area contributed by atoms with Gasteiger partial charge in [0.25, 0.3) is 5.69 Å². The summed E-state index contributed by atoms with van der Waals surface area (Å²) in [4.78, 5) is 9.75. The maximum absolute atomic E-state index is 11.6. The summed E-state index contributed by atoms with van der Waals surface area (Å²) in [5.74, 6) is 0. The van der Waals surface area contributed by atoms with Gasteiger partial charge in [0.1, 0.15) is 15.8 Å². The van der Waals surface area contributed by atoms with Gasteiger partial charge in [0, 0.05) is 22.9 Å². The van der Waals surface area contributed by atoms with Crippen LogP contribution in [0.5, 0.6) is 0 Å². The fraction of sp³-hybridized carbons (Fsp3) is 0. The van der Waals surface area contributed by atoms with Crippen molar-refractivity contribution < 1.29 is 47.5 Å². The second kappa shape index (κ2) is 8.11. The van der Waals surface area contributed by atoms with Crippen LogP contribution in [0.1, 0.15) is 0 Å². The molecule has 0 amide bonds. The molecule has 0 atom stereocenters. The molecular weight excluding hydrogens is 383 g/mol. The Kier molecular flexibility index (Phi) is 6.29. The van der Waals surface area contributed by atoms with E-state index in [2.05, 4.69) is 10.2 Å². The second-order valence-electron chi connectivity index (χ2n) is 5.28. The van der Waals surface area contributed by atoms with E-state index < -0.39 is 19.9 Å². The van der Waals surface area contributed by atoms with Gasteiger partial charge in [-0.15, -0.1) is 5.11 Å². The van der Waals surface area contributed by atoms with E-state index in [1.807, 2.05) is 0 Å². The molecule has 0 heterocycles. The van der Waals surface area contributed by atoms with Gasteiger partial charge in [-0.25, -0.2) is 8.42 Å². The number of nitrogens with two attached hydrogens (primary N) is 1. The van der Waals surface area contributed by atoms with Gasteiger partial charge in [0.05, 0.1) is 21.2 Å². The summed E-state index contributed by atoms with van der Waals surface area (Å²) in [5.41, 5.74) is 6.14. The largest absolute Gasteiger partial charge is 1.00 e. The van der Waals surface area contributed by atoms with Crippen LogP contribution in [-0.2, 0) is 10.1 Å². The van der Waals surface area contributed by atoms with Gasteiger partial charge in [0.15, 0.2) is 0 Å². The Morgan fingerprint density at radius 3 is 2.26 bits per heavy atom. The van der Waals surface area contributed by atoms with E-state index in [0.717, 1.165) is 6.07 Å². The van der Waals surface area contributed by atoms with Gasteiger partial charge in [-0.1, -0.05) is 30.3 Å². The number of rotatable bonds is 4. The van der Waals surface area contributed by atoms with E-state index in [9.17, 15) is 23.1 Å². The second-order valence-corrected chi connectivity index (χ2v) is 6.63. The topological polar surface area (TPSA) is 151 Å². The minimum Gasteiger partial charge on any atom is -0.744 e. The van der Waals surface area contributed by atoms with Crippen LogP contribution in [0, 0.1) is 10.1 Å². The normalized spacial score (nSPS) is 11.4. The molecule has 0 saturated carbocycles. The molecule has 2 N–H and O–H groups in total. The number of non-ortho nitro benzene ring substituents is 1. The maximum Gasteiger partial charge on any atom is 1.00 e. The van der Waals surface area contributed by atoms with E-state index in [-0.39, 0.29) is 57.7 Å². The summed E-state index contributed by atoms with van der Waals surface area (Å²) in [6, 6.07) is 12.7. The zero-order valence-electron chi connectivity index (χ0n) is 14.1. The van der Waals surface area contributed by atoms with Crippen LogP contribution >= 0.6 is 0 Å². The van der Waals surface area contributed by atoms with Crippen molar-refractivity contribution in [1.82, 2.24) is 0 Å². The number of nitrogen functional groups attached to an aromatic ring is 1. The molecular formula is C16H11N4NaO5S. The molecule has 0 aromatic heterocycles. The van der Waals surface area contributed by atoms with Gasteiger partial charge in [-0.2, -0.15) is 5.11 Å². The van der Waals surface area contributed by atoms with Crippen molar-refractivity contribution in [3.63, 3.8) is 0 Å². The van der Waals surface area contributed by atoms with E-state index in [4.69, 9.17) is 5.73 Å². The van der Waals surface area contributed by atoms with Gasteiger partial charge in [0.2, 0.25) is 0 Å². The Labute approximate surface area is 176 Å². The zero-order valence-corrected chi connectivity index (χ0v) is 16.9. The Morgan fingerprint density at radius 2 is 1.63 bits per heavy atom. The van der Waals surface area contributed by atoms with Gasteiger partial charge < -0.3 is 10.3 Å². The van der Waals surface area contributed by atoms with Crippen molar-refractivity contribution in [2.45, 2.75) is 4.90 Å². The molecule has 27 heavy (non-hydrogen) atoms. The molecule has 0 radical (unpaired) electrons. The molecule has 3 aromatic rings. The Hall–Kier alpha value is -2.37. The predicted octanol–water partition coefficient (Wildman–Crippen LogP) is 0.654. The molecule has 0 aliphatic heterocycles. The maximum atomic E-state index is 11.6. The van der Waals surface area contributed by atoms with Gasteiger partial charge in [-0.05, 0) is 12.1 Å². The SMILES string of the molecule is Nc1c(N=Nc2cccc([N+](=O)[O-])c2)cc(S(=O)(=O)[O-])c2ccccc12.[Na+]. The third-order valence-electron chi connectivity index (χ3n) is 3.61. The average molecular weight is 394 g/mol. The van der Waals surface area contributed by atoms with Gasteiger partial charge >= 0.3 is 29.6 Å². The van der Waals surface area contributed by atoms with E-state index >= 15 is 0 Å². The fourth-order valence-corrected chi connectivity index (χ4v) is 3.12. The van der Waals surface area contributed by atoms with Crippen molar-refractivity contribution in [1.29, 1.82) is 0 Å². The smallest absolute Gasteiger partial charge is 0.744 e. The van der Waals surface area contributed by atoms with E-state index in [1.54, 1.807) is 18.2 Å². The number of azo groups is 1. The molecule has 3 rings (SSSR count). The summed E-state index contributed by atoms with van der Waals surface area (Å²) in [6.45, 7) is 0. The van der Waals surface area contributed by atoms with Crippen LogP contribution in [0.3, 0.4) is 0 Å². The number of anilines is 1. The minimum absolute atomic E-state index is 0. The van der Waals surface area contributed by atoms with Crippen LogP contribution in [-0.4, -0.2) is 17.9 Å². The molecule has 132 valence electrons. The van der Waals surface area contributed by atoms with Crippen molar-refractivity contribution in [2.75, 3.05) is 5.73 Å². The standard InChI is InChI=1S/C16H12N4O5S.Na/c17-16-13-7-2-1-6-12(13)15(26(23,24)25)9-14(16)19-18-10-4-3-5-11(8-10)20(21)22;/h1-9H,17H2,(H,23,24,25);/q;+1/p-1. The van der Waals surface area contributed by atoms with Crippen molar-refractivity contribution >= 4 is 43.6 Å². The molecule has 0 spiro atoms. The number of nitro groups is 1. The fourth-order valence-electron chi connectivity index (χ4n) is 2.42. The summed E-state index contributed by atoms with van der Waals surface area (Å²) in [6.07, 6.45) is 0. The van der Waals surface area contributed by atoms with Crippen LogP contribution < -0.4 is 35.3 Å². The Morgan fingerprint density at radius 1 is 0.963 bits per heavy atom. The molecule has 0 fully saturated rings. The number of nitrogens with zero attached hydrogens (tertiary/aromatic N) is 3. The summed E-state index contributed by atoms with van der Waals surface area (Å²) in [5, 5.41) is 19.1. The summed E-state index contributed by atoms with van der Waals surface area (Å²) in [7, 11) is -4.77. The predicted molar refractivity (Wildman–Crippen MR) is 93.6 cm³/mol. The van der Waals surface area contributed by atoms with Crippen molar-refractivity contribution in [2.24, 2.45) is 10.2 Å². The van der Waals surface area contributed by atoms with Crippen LogP contribution in [0.4, 0.5) is 22.7 Å². The molecule has 9 nitrogen and oxygen atoms in total. The third-order valence-corrected chi connectivity index (χ3v) is 4.49. The minimum atomic E-state index is -4.77. The number of hydrogen-bond donors (Lipinski definition) is 1. The monoisotopic (exact) mass is 394 g/mol. The van der Waals surface area contributed by atoms with Crippen LogP contribution in [0.2, 0.25) is 0 Å². The summed E-state index contributed by atoms with van der Waals surface area (Å²) < 4.78 is 34.7. The first-order valence-electron chi connectivity index (χ1n) is 7.20. The van der Waals surface area contributed by atoms with Crippen LogP contribution in [0.25, 0.3) is 10.8 Å². The number of fused-ring (bicyclic) bond motifs is 1. The molecule has 0 unspecified atom stereocenters. The zero-order chi connectivity index (χ0) is 18.9. The first-order valence-corrected chi connectivity index (χ1v) is 8.61. The number of benzene rings is 3. The van der Waals surface area contributed by atoms with E-state index in [1.165, 1.54) is 30.3 Å². The molecule has 11 heteroatoms. The molecule has 0 bridgehead atoms. The summed E-state index contributed by atoms with van der Waals surface area (Å²) >= 11 is 0. The molecule has 0 aliphatic carbocycles. The molecule has 3 aromatic carbocycles. The first-order chi connectivity index (χ1) is 12.3. The van der Waals surface area contributed by atoms with Crippen molar-refractivity contribution in [3.05, 3.63) is 64.7 Å².